The maximum absolute atomic E-state index is 4.08. The van der Waals surface area contributed by atoms with Crippen LogP contribution in [0.25, 0.3) is 0 Å². The predicted molar refractivity (Wildman–Crippen MR) is 58.7 cm³/mol. The number of nitrogens with one attached hydrogen (secondary N) is 1. The van der Waals surface area contributed by atoms with Crippen LogP contribution in [0.5, 0.6) is 0 Å². The van der Waals surface area contributed by atoms with Crippen LogP contribution in [0.2, 0.25) is 19.6 Å². The summed E-state index contributed by atoms with van der Waals surface area (Å²) in [6.45, 7) is 6.91. The third-order valence-electron chi connectivity index (χ3n) is 1.01. The molecule has 1 heterocycles. The number of anilines is 1. The SMILES string of the molecule is CNc1nnc(S[Si](C)(C)C)s1. The fourth-order valence-electron chi connectivity index (χ4n) is 0.614. The molecule has 0 aromatic carbocycles. The molecule has 0 aliphatic heterocycles. The topological polar surface area (TPSA) is 37.8 Å². The minimum absolute atomic E-state index is 0.899. The molecule has 12 heavy (non-hydrogen) atoms. The van der Waals surface area contributed by atoms with Crippen molar-refractivity contribution in [2.45, 2.75) is 24.0 Å². The van der Waals surface area contributed by atoms with Crippen molar-refractivity contribution < 1.29 is 0 Å². The van der Waals surface area contributed by atoms with Gasteiger partial charge in [0.25, 0.3) is 0 Å². The van der Waals surface area contributed by atoms with Crippen LogP contribution in [0.15, 0.2) is 4.34 Å². The van der Waals surface area contributed by atoms with Gasteiger partial charge in [-0.2, -0.15) is 0 Å². The van der Waals surface area contributed by atoms with Crippen molar-refractivity contribution in [2.24, 2.45) is 0 Å². The van der Waals surface area contributed by atoms with Gasteiger partial charge >= 0.3 is 0 Å². The molecule has 1 N–H and O–H groups in total. The standard InChI is InChI=1S/C6H13N3S2Si/c1-7-5-8-9-6(10-5)11-12(2,3)4/h1-4H3,(H,7,8). The second kappa shape index (κ2) is 3.76. The Hall–Kier alpha value is -0.0731. The molecule has 0 bridgehead atoms. The Labute approximate surface area is 81.6 Å². The lowest BCUT2D eigenvalue weighted by Gasteiger charge is -2.10. The second-order valence-corrected chi connectivity index (χ2v) is 13.7. The Bertz CT molecular complexity index is 256. The summed E-state index contributed by atoms with van der Waals surface area (Å²) < 4.78 is 1.08. The normalized spacial score (nSPS) is 11.7. The molecule has 0 saturated heterocycles. The van der Waals surface area contributed by atoms with E-state index in [0.717, 1.165) is 9.47 Å². The van der Waals surface area contributed by atoms with Gasteiger partial charge in [-0.3, -0.25) is 0 Å². The van der Waals surface area contributed by atoms with E-state index in [9.17, 15) is 0 Å². The largest absolute Gasteiger partial charge is 0.363 e. The van der Waals surface area contributed by atoms with E-state index in [1.807, 2.05) is 18.3 Å². The molecule has 0 radical (unpaired) electrons. The number of aromatic nitrogens is 2. The van der Waals surface area contributed by atoms with Gasteiger partial charge in [0.1, 0.15) is 7.22 Å². The van der Waals surface area contributed by atoms with Gasteiger partial charge in [-0.05, 0) is 0 Å². The molecular weight excluding hydrogens is 206 g/mol. The molecule has 1 aromatic heterocycles. The van der Waals surface area contributed by atoms with E-state index in [-0.39, 0.29) is 0 Å². The molecule has 1 rings (SSSR count). The average molecular weight is 219 g/mol. The van der Waals surface area contributed by atoms with E-state index in [2.05, 4.69) is 35.2 Å². The maximum Gasteiger partial charge on any atom is 0.206 e. The van der Waals surface area contributed by atoms with Crippen molar-refractivity contribution in [2.75, 3.05) is 12.4 Å². The highest BCUT2D eigenvalue weighted by atomic mass is 32.4. The smallest absolute Gasteiger partial charge is 0.206 e. The first kappa shape index (κ1) is 10.0. The van der Waals surface area contributed by atoms with E-state index in [0.29, 0.717) is 0 Å². The van der Waals surface area contributed by atoms with Crippen LogP contribution in [0.1, 0.15) is 0 Å². The van der Waals surface area contributed by atoms with Crippen LogP contribution in [-0.2, 0) is 0 Å². The van der Waals surface area contributed by atoms with Crippen molar-refractivity contribution in [3.63, 3.8) is 0 Å². The zero-order valence-electron chi connectivity index (χ0n) is 7.71. The monoisotopic (exact) mass is 219 g/mol. The third-order valence-corrected chi connectivity index (χ3v) is 5.98. The molecule has 0 aliphatic rings. The summed E-state index contributed by atoms with van der Waals surface area (Å²) in [6, 6.07) is 0. The van der Waals surface area contributed by atoms with E-state index in [1.54, 1.807) is 11.3 Å². The third kappa shape index (κ3) is 3.12. The van der Waals surface area contributed by atoms with Crippen LogP contribution in [-0.4, -0.2) is 24.5 Å². The van der Waals surface area contributed by atoms with Crippen LogP contribution < -0.4 is 5.32 Å². The minimum Gasteiger partial charge on any atom is -0.363 e. The zero-order chi connectivity index (χ0) is 9.19. The quantitative estimate of drug-likeness (QED) is 0.793. The summed E-state index contributed by atoms with van der Waals surface area (Å²) >= 11 is 3.50. The lowest BCUT2D eigenvalue weighted by molar-refractivity contribution is 1.01. The molecule has 0 spiro atoms. The fraction of sp³-hybridized carbons (Fsp3) is 0.667. The van der Waals surface area contributed by atoms with Gasteiger partial charge in [-0.25, -0.2) is 0 Å². The van der Waals surface area contributed by atoms with Gasteiger partial charge in [0.15, 0.2) is 4.34 Å². The Morgan fingerprint density at radius 1 is 1.33 bits per heavy atom. The highest BCUT2D eigenvalue weighted by Crippen LogP contribution is 2.32. The average Bonchev–Trinajstić information content (AvgIpc) is 2.32. The highest BCUT2D eigenvalue weighted by Gasteiger charge is 2.17. The molecule has 0 atom stereocenters. The zero-order valence-corrected chi connectivity index (χ0v) is 10.3. The summed E-state index contributed by atoms with van der Waals surface area (Å²) in [5.41, 5.74) is 0. The van der Waals surface area contributed by atoms with E-state index in [1.165, 1.54) is 0 Å². The Balaban J connectivity index is 2.64. The summed E-state index contributed by atoms with van der Waals surface area (Å²) in [4.78, 5) is 0. The Morgan fingerprint density at radius 2 is 2.00 bits per heavy atom. The van der Waals surface area contributed by atoms with Crippen molar-refractivity contribution in [3.05, 3.63) is 0 Å². The first-order valence-corrected chi connectivity index (χ1v) is 9.57. The first-order valence-electron chi connectivity index (χ1n) is 3.71. The van der Waals surface area contributed by atoms with Crippen LogP contribution in [0.4, 0.5) is 5.13 Å². The summed E-state index contributed by atoms with van der Waals surface area (Å²) in [5, 5.41) is 11.9. The lowest BCUT2D eigenvalue weighted by atomic mass is 11.1. The van der Waals surface area contributed by atoms with Gasteiger partial charge in [0.2, 0.25) is 5.13 Å². The molecule has 3 nitrogen and oxygen atoms in total. The fourth-order valence-corrected chi connectivity index (χ4v) is 6.37. The van der Waals surface area contributed by atoms with E-state index < -0.39 is 7.22 Å². The summed E-state index contributed by atoms with van der Waals surface area (Å²) in [6.07, 6.45) is 0. The Kier molecular flexibility index (Phi) is 3.14. The number of hydrogen-bond acceptors (Lipinski definition) is 5. The van der Waals surface area contributed by atoms with Crippen molar-refractivity contribution in [3.8, 4) is 0 Å². The van der Waals surface area contributed by atoms with Gasteiger partial charge in [-0.15, -0.1) is 21.4 Å². The highest BCUT2D eigenvalue weighted by molar-refractivity contribution is 8.29. The van der Waals surface area contributed by atoms with Crippen molar-refractivity contribution in [1.82, 2.24) is 10.2 Å². The van der Waals surface area contributed by atoms with Gasteiger partial charge in [0, 0.05) is 7.05 Å². The molecule has 6 heteroatoms. The maximum atomic E-state index is 4.08. The van der Waals surface area contributed by atoms with E-state index in [4.69, 9.17) is 0 Å². The Morgan fingerprint density at radius 3 is 2.42 bits per heavy atom. The number of rotatable bonds is 3. The lowest BCUT2D eigenvalue weighted by Crippen LogP contribution is -2.13. The predicted octanol–water partition coefficient (Wildman–Crippen LogP) is 2.51. The molecular formula is C6H13N3S2Si. The van der Waals surface area contributed by atoms with Gasteiger partial charge < -0.3 is 5.32 Å². The summed E-state index contributed by atoms with van der Waals surface area (Å²) in [5.74, 6) is 0. The minimum atomic E-state index is -1.10. The molecule has 0 aliphatic carbocycles. The number of hydrogen-bond donors (Lipinski definition) is 1. The molecule has 0 amide bonds. The van der Waals surface area contributed by atoms with Crippen molar-refractivity contribution in [1.29, 1.82) is 0 Å². The molecule has 0 unspecified atom stereocenters. The van der Waals surface area contributed by atoms with Gasteiger partial charge in [-0.1, -0.05) is 31.0 Å². The van der Waals surface area contributed by atoms with Crippen LogP contribution >= 0.6 is 22.5 Å². The number of nitrogens with zero attached hydrogens (tertiary/aromatic N) is 2. The van der Waals surface area contributed by atoms with Crippen LogP contribution in [0.3, 0.4) is 0 Å². The molecule has 68 valence electrons. The first-order chi connectivity index (χ1) is 5.51. The van der Waals surface area contributed by atoms with Gasteiger partial charge in [0.05, 0.1) is 0 Å². The second-order valence-electron chi connectivity index (χ2n) is 3.34. The van der Waals surface area contributed by atoms with E-state index >= 15 is 0 Å². The van der Waals surface area contributed by atoms with Crippen LogP contribution in [0, 0.1) is 0 Å². The molecule has 1 aromatic rings. The summed E-state index contributed by atoms with van der Waals surface area (Å²) in [7, 11) is 0.764. The molecule has 0 saturated carbocycles. The van der Waals surface area contributed by atoms with Crippen molar-refractivity contribution >= 4 is 34.9 Å². The molecule has 0 fully saturated rings.